The van der Waals surface area contributed by atoms with E-state index in [4.69, 9.17) is 5.73 Å². The van der Waals surface area contributed by atoms with Crippen molar-refractivity contribution in [1.82, 2.24) is 10.3 Å². The average Bonchev–Trinajstić information content (AvgIpc) is 3.09. The van der Waals surface area contributed by atoms with Crippen LogP contribution in [0.2, 0.25) is 0 Å². The lowest BCUT2D eigenvalue weighted by molar-refractivity contribution is -0.125. The van der Waals surface area contributed by atoms with Crippen molar-refractivity contribution in [1.29, 1.82) is 0 Å². The molecular formula is C22H24FN3OS. The van der Waals surface area contributed by atoms with Gasteiger partial charge in [0.05, 0.1) is 22.5 Å². The largest absolute Gasteiger partial charge is 0.348 e. The highest BCUT2D eigenvalue weighted by Gasteiger charge is 2.25. The zero-order valence-electron chi connectivity index (χ0n) is 16.1. The van der Waals surface area contributed by atoms with Crippen LogP contribution in [-0.4, -0.2) is 10.9 Å². The summed E-state index contributed by atoms with van der Waals surface area (Å²) in [6.45, 7) is 5.69. The average molecular weight is 398 g/mol. The van der Waals surface area contributed by atoms with Gasteiger partial charge in [-0.25, -0.2) is 9.37 Å². The summed E-state index contributed by atoms with van der Waals surface area (Å²) in [5, 5.41) is 3.86. The number of carbonyl (C=O) groups excluding carboxylic acids is 1. The number of amides is 1. The molecule has 0 bridgehead atoms. The summed E-state index contributed by atoms with van der Waals surface area (Å²) in [4.78, 5) is 18.3. The summed E-state index contributed by atoms with van der Waals surface area (Å²) in [5.74, 6) is -0.740. The van der Waals surface area contributed by atoms with E-state index < -0.39 is 0 Å². The Morgan fingerprint density at radius 3 is 2.39 bits per heavy atom. The van der Waals surface area contributed by atoms with Gasteiger partial charge in [-0.1, -0.05) is 37.3 Å². The molecule has 1 amide bonds. The van der Waals surface area contributed by atoms with Gasteiger partial charge in [0.2, 0.25) is 5.91 Å². The molecule has 1 heterocycles. The van der Waals surface area contributed by atoms with Crippen LogP contribution in [0, 0.1) is 18.7 Å². The van der Waals surface area contributed by atoms with Crippen molar-refractivity contribution in [2.75, 3.05) is 0 Å². The van der Waals surface area contributed by atoms with Gasteiger partial charge in [-0.05, 0) is 43.7 Å². The Labute approximate surface area is 168 Å². The molecule has 28 heavy (non-hydrogen) atoms. The number of carbonyl (C=O) groups is 1. The summed E-state index contributed by atoms with van der Waals surface area (Å²) >= 11 is 1.51. The van der Waals surface area contributed by atoms with Gasteiger partial charge in [-0.3, -0.25) is 4.79 Å². The summed E-state index contributed by atoms with van der Waals surface area (Å²) in [6, 6.07) is 15.3. The molecule has 3 atom stereocenters. The van der Waals surface area contributed by atoms with Crippen LogP contribution in [-0.2, 0) is 4.79 Å². The number of hydrogen-bond acceptors (Lipinski definition) is 4. The first-order valence-electron chi connectivity index (χ1n) is 9.21. The lowest BCUT2D eigenvalue weighted by atomic mass is 9.94. The number of aromatic nitrogens is 1. The minimum absolute atomic E-state index is 0.0972. The number of nitrogens with one attached hydrogen (secondary N) is 1. The van der Waals surface area contributed by atoms with Crippen LogP contribution in [0.15, 0.2) is 54.6 Å². The van der Waals surface area contributed by atoms with Crippen molar-refractivity contribution in [3.63, 3.8) is 0 Å². The highest BCUT2D eigenvalue weighted by Crippen LogP contribution is 2.32. The van der Waals surface area contributed by atoms with Gasteiger partial charge in [0.15, 0.2) is 0 Å². The molecular weight excluding hydrogens is 373 g/mol. The monoisotopic (exact) mass is 397 g/mol. The number of benzene rings is 2. The number of nitrogens with two attached hydrogens (primary N) is 1. The number of nitrogens with zero attached hydrogens (tertiary/aromatic N) is 1. The summed E-state index contributed by atoms with van der Waals surface area (Å²) < 4.78 is 13.1. The maximum atomic E-state index is 13.1. The molecule has 0 aliphatic rings. The highest BCUT2D eigenvalue weighted by molar-refractivity contribution is 7.15. The molecule has 6 heteroatoms. The predicted octanol–water partition coefficient (Wildman–Crippen LogP) is 4.77. The van der Waals surface area contributed by atoms with Crippen LogP contribution in [0.25, 0.3) is 10.6 Å². The first-order valence-corrected chi connectivity index (χ1v) is 10.0. The van der Waals surface area contributed by atoms with E-state index >= 15 is 0 Å². The van der Waals surface area contributed by atoms with E-state index in [2.05, 4.69) is 10.3 Å². The molecule has 0 saturated carbocycles. The zero-order valence-corrected chi connectivity index (χ0v) is 17.0. The van der Waals surface area contributed by atoms with Crippen LogP contribution < -0.4 is 11.1 Å². The van der Waals surface area contributed by atoms with Crippen molar-refractivity contribution in [3.8, 4) is 10.6 Å². The van der Waals surface area contributed by atoms with Gasteiger partial charge in [-0.2, -0.15) is 0 Å². The van der Waals surface area contributed by atoms with Crippen molar-refractivity contribution >= 4 is 17.2 Å². The van der Waals surface area contributed by atoms with Gasteiger partial charge >= 0.3 is 0 Å². The second kappa shape index (κ2) is 8.63. The first kappa shape index (κ1) is 20.2. The predicted molar refractivity (Wildman–Crippen MR) is 111 cm³/mol. The number of halogens is 1. The molecule has 0 radical (unpaired) electrons. The van der Waals surface area contributed by atoms with Gasteiger partial charge in [0.25, 0.3) is 0 Å². The molecule has 2 aromatic carbocycles. The molecule has 146 valence electrons. The van der Waals surface area contributed by atoms with E-state index in [0.29, 0.717) is 0 Å². The summed E-state index contributed by atoms with van der Waals surface area (Å²) in [7, 11) is 0. The molecule has 4 nitrogen and oxygen atoms in total. The Kier molecular flexibility index (Phi) is 6.21. The summed E-state index contributed by atoms with van der Waals surface area (Å²) in [5.41, 5.74) is 8.93. The SMILES string of the molecule is Cc1nc(-c2ccc(F)cc2)sc1C(C)NC(=O)C(C)C(N)c1ccccc1. The second-order valence-electron chi connectivity index (χ2n) is 6.93. The fraction of sp³-hybridized carbons (Fsp3) is 0.273. The maximum absolute atomic E-state index is 13.1. The second-order valence-corrected chi connectivity index (χ2v) is 7.96. The topological polar surface area (TPSA) is 68.0 Å². The van der Waals surface area contributed by atoms with E-state index in [1.54, 1.807) is 12.1 Å². The fourth-order valence-corrected chi connectivity index (χ4v) is 4.14. The summed E-state index contributed by atoms with van der Waals surface area (Å²) in [6.07, 6.45) is 0. The lowest BCUT2D eigenvalue weighted by Crippen LogP contribution is -2.36. The van der Waals surface area contributed by atoms with Gasteiger partial charge in [0.1, 0.15) is 10.8 Å². The van der Waals surface area contributed by atoms with Crippen LogP contribution >= 0.6 is 11.3 Å². The number of aryl methyl sites for hydroxylation is 1. The minimum atomic E-state index is -0.370. The zero-order chi connectivity index (χ0) is 20.3. The maximum Gasteiger partial charge on any atom is 0.225 e. The van der Waals surface area contributed by atoms with Crippen molar-refractivity contribution in [3.05, 3.63) is 76.5 Å². The Balaban J connectivity index is 1.71. The van der Waals surface area contributed by atoms with E-state index in [1.807, 2.05) is 51.1 Å². The minimum Gasteiger partial charge on any atom is -0.348 e. The third-order valence-corrected chi connectivity index (χ3v) is 6.20. The van der Waals surface area contributed by atoms with Gasteiger partial charge in [0, 0.05) is 11.6 Å². The third-order valence-electron chi connectivity index (χ3n) is 4.81. The standard InChI is InChI=1S/C22H24FN3OS/c1-13(19(24)16-7-5-4-6-8-16)21(27)25-14(2)20-15(3)26-22(28-20)17-9-11-18(23)12-10-17/h4-14,19H,24H2,1-3H3,(H,25,27). The van der Waals surface area contributed by atoms with E-state index in [9.17, 15) is 9.18 Å². The van der Waals surface area contributed by atoms with Crippen molar-refractivity contribution in [2.45, 2.75) is 32.9 Å². The Morgan fingerprint density at radius 2 is 1.75 bits per heavy atom. The molecule has 0 spiro atoms. The molecule has 0 aliphatic carbocycles. The molecule has 0 fully saturated rings. The molecule has 3 unspecified atom stereocenters. The number of thiazole rings is 1. The molecule has 0 saturated heterocycles. The molecule has 3 N–H and O–H groups in total. The van der Waals surface area contributed by atoms with Crippen LogP contribution in [0.4, 0.5) is 4.39 Å². The van der Waals surface area contributed by atoms with Crippen molar-refractivity contribution in [2.24, 2.45) is 11.7 Å². The van der Waals surface area contributed by atoms with Crippen LogP contribution in [0.3, 0.4) is 0 Å². The highest BCUT2D eigenvalue weighted by atomic mass is 32.1. The lowest BCUT2D eigenvalue weighted by Gasteiger charge is -2.22. The Bertz CT molecular complexity index is 940. The number of hydrogen-bond donors (Lipinski definition) is 2. The van der Waals surface area contributed by atoms with Gasteiger partial charge < -0.3 is 11.1 Å². The quantitative estimate of drug-likeness (QED) is 0.629. The fourth-order valence-electron chi connectivity index (χ4n) is 3.06. The van der Waals surface area contributed by atoms with Crippen molar-refractivity contribution < 1.29 is 9.18 Å². The molecule has 3 aromatic rings. The molecule has 1 aromatic heterocycles. The molecule has 3 rings (SSSR count). The Hall–Kier alpha value is -2.57. The van der Waals surface area contributed by atoms with Crippen LogP contribution in [0.5, 0.6) is 0 Å². The first-order chi connectivity index (χ1) is 13.4. The van der Waals surface area contributed by atoms with E-state index in [-0.39, 0.29) is 29.7 Å². The van der Waals surface area contributed by atoms with E-state index in [1.165, 1.54) is 23.5 Å². The van der Waals surface area contributed by atoms with E-state index in [0.717, 1.165) is 26.7 Å². The van der Waals surface area contributed by atoms with Gasteiger partial charge in [-0.15, -0.1) is 11.3 Å². The van der Waals surface area contributed by atoms with Crippen LogP contribution in [0.1, 0.15) is 42.1 Å². The third kappa shape index (κ3) is 4.46. The number of rotatable bonds is 6. The smallest absolute Gasteiger partial charge is 0.225 e. The Morgan fingerprint density at radius 1 is 1.11 bits per heavy atom. The molecule has 0 aliphatic heterocycles. The normalized spacial score (nSPS) is 14.3.